The fourth-order valence-electron chi connectivity index (χ4n) is 6.28. The van der Waals surface area contributed by atoms with E-state index in [4.69, 9.17) is 9.47 Å². The summed E-state index contributed by atoms with van der Waals surface area (Å²) in [7, 11) is 1.02. The molecule has 59 heavy (non-hydrogen) atoms. The number of nitrogens with zero attached hydrogens (tertiary/aromatic N) is 4. The Bertz CT molecular complexity index is 2220. The predicted octanol–water partition coefficient (Wildman–Crippen LogP) is 9.26. The Balaban J connectivity index is 0.000000361. The molecule has 2 aromatic heterocycles. The zero-order valence-electron chi connectivity index (χ0n) is 32.6. The SMILES string of the molecule is C.C.COC(=O)C(=O)c1cn2c3c(cc(C(F)(F)F)cc13)CN(C(=O)OC(C)(C)C)CC2.Cc1cc2c3c(ccn3CCN(C(=O)OC(C)(C)C)C2)c1.O=C(Cl)C(=O)Cl. The third kappa shape index (κ3) is 12.7. The van der Waals surface area contributed by atoms with Gasteiger partial charge in [-0.25, -0.2) is 14.4 Å². The number of halogens is 5. The Kier molecular flexibility index (Phi) is 16.4. The van der Waals surface area contributed by atoms with Gasteiger partial charge in [0.25, 0.3) is 5.78 Å². The molecule has 4 heterocycles. The number of amides is 2. The van der Waals surface area contributed by atoms with Gasteiger partial charge in [-0.3, -0.25) is 14.4 Å². The lowest BCUT2D eigenvalue weighted by molar-refractivity contribution is -0.137. The lowest BCUT2D eigenvalue weighted by Gasteiger charge is -2.26. The van der Waals surface area contributed by atoms with Crippen LogP contribution in [0.3, 0.4) is 0 Å². The normalized spacial score (nSPS) is 13.5. The number of alkyl halides is 3. The standard InChI is InChI=1S/C20H21F3N2O5.C17H22N2O2.C2Cl2O2.2CH4/c1-19(2,3)30-18(28)25-6-5-24-10-14(16(26)17(27)29-4)13-8-12(20(21,22)23)7-11(9-25)15(13)24;1-12-9-13-5-6-18-7-8-19(11-14(10-12)15(13)18)16(20)21-17(2,3)4;3-1(5)2(4)6;;/h7-8,10H,5-6,9H2,1-4H3;5-6,9-10H,7-8,11H2,1-4H3;;2*1H4. The van der Waals surface area contributed by atoms with E-state index < -0.39 is 51.3 Å². The van der Waals surface area contributed by atoms with E-state index >= 15 is 0 Å². The number of hydrogen-bond acceptors (Lipinski definition) is 9. The van der Waals surface area contributed by atoms with Gasteiger partial charge >= 0.3 is 34.8 Å². The molecule has 0 radical (unpaired) electrons. The minimum Gasteiger partial charge on any atom is -0.463 e. The molecule has 0 fully saturated rings. The van der Waals surface area contributed by atoms with Crippen molar-refractivity contribution in [2.24, 2.45) is 0 Å². The molecule has 2 aliphatic heterocycles. The number of methoxy groups -OCH3 is 1. The van der Waals surface area contributed by atoms with Crippen LogP contribution in [0, 0.1) is 6.92 Å². The number of aromatic nitrogens is 2. The van der Waals surface area contributed by atoms with Crippen molar-refractivity contribution in [2.75, 3.05) is 20.2 Å². The summed E-state index contributed by atoms with van der Waals surface area (Å²) in [5.74, 6) is -2.20. The third-order valence-electron chi connectivity index (χ3n) is 8.48. The predicted molar refractivity (Wildman–Crippen MR) is 218 cm³/mol. The monoisotopic (exact) mass is 870 g/mol. The fourth-order valence-corrected chi connectivity index (χ4v) is 6.28. The van der Waals surface area contributed by atoms with Crippen molar-refractivity contribution in [3.63, 3.8) is 0 Å². The molecule has 324 valence electrons. The van der Waals surface area contributed by atoms with Crippen molar-refractivity contribution in [3.8, 4) is 0 Å². The van der Waals surface area contributed by atoms with E-state index in [1.165, 1.54) is 33.1 Å². The summed E-state index contributed by atoms with van der Waals surface area (Å²) in [6, 6.07) is 8.30. The molecular weight excluding hydrogens is 820 g/mol. The minimum atomic E-state index is -4.68. The van der Waals surface area contributed by atoms with Gasteiger partial charge < -0.3 is 33.1 Å². The van der Waals surface area contributed by atoms with Crippen molar-refractivity contribution in [1.29, 1.82) is 0 Å². The Morgan fingerprint density at radius 1 is 0.695 bits per heavy atom. The number of ether oxygens (including phenoxy) is 3. The van der Waals surface area contributed by atoms with Gasteiger partial charge in [0, 0.05) is 49.3 Å². The highest BCUT2D eigenvalue weighted by Gasteiger charge is 2.35. The molecule has 13 nitrogen and oxygen atoms in total. The Morgan fingerprint density at radius 2 is 1.19 bits per heavy atom. The number of hydrogen-bond donors (Lipinski definition) is 0. The molecule has 0 spiro atoms. The summed E-state index contributed by atoms with van der Waals surface area (Å²) in [5.41, 5.74) is 1.85. The van der Waals surface area contributed by atoms with E-state index in [2.05, 4.69) is 63.8 Å². The van der Waals surface area contributed by atoms with Crippen LogP contribution in [0.25, 0.3) is 21.8 Å². The summed E-state index contributed by atoms with van der Waals surface area (Å²) in [5, 5.41) is -1.05. The maximum absolute atomic E-state index is 13.5. The largest absolute Gasteiger partial charge is 0.463 e. The second kappa shape index (κ2) is 19.3. The highest BCUT2D eigenvalue weighted by atomic mass is 35.5. The highest BCUT2D eigenvalue weighted by Crippen LogP contribution is 2.37. The van der Waals surface area contributed by atoms with Gasteiger partial charge in [-0.15, -0.1) is 0 Å². The minimum absolute atomic E-state index is 0. The second-order valence-electron chi connectivity index (χ2n) is 15.3. The van der Waals surface area contributed by atoms with Crippen LogP contribution in [0.2, 0.25) is 0 Å². The van der Waals surface area contributed by atoms with E-state index in [1.54, 1.807) is 30.2 Å². The molecule has 0 bridgehead atoms. The molecule has 0 atom stereocenters. The van der Waals surface area contributed by atoms with Gasteiger partial charge in [0.05, 0.1) is 42.4 Å². The highest BCUT2D eigenvalue weighted by molar-refractivity contribution is 6.97. The number of aryl methyl sites for hydroxylation is 1. The smallest absolute Gasteiger partial charge is 0.416 e. The van der Waals surface area contributed by atoms with Crippen LogP contribution in [0.1, 0.15) is 89.0 Å². The molecule has 0 aliphatic carbocycles. The average molecular weight is 872 g/mol. The Labute approximate surface area is 351 Å². The molecule has 2 aliphatic rings. The number of rotatable bonds is 3. The molecule has 0 saturated carbocycles. The van der Waals surface area contributed by atoms with Crippen molar-refractivity contribution in [2.45, 2.75) is 107 Å². The van der Waals surface area contributed by atoms with Crippen LogP contribution in [0.15, 0.2) is 42.7 Å². The van der Waals surface area contributed by atoms with Crippen LogP contribution in [0.4, 0.5) is 22.8 Å². The molecule has 4 aromatic rings. The molecule has 0 unspecified atom stereocenters. The van der Waals surface area contributed by atoms with E-state index in [-0.39, 0.29) is 57.1 Å². The summed E-state index contributed by atoms with van der Waals surface area (Å²) in [6.07, 6.45) is -2.13. The number of esters is 1. The van der Waals surface area contributed by atoms with E-state index in [0.29, 0.717) is 18.6 Å². The summed E-state index contributed by atoms with van der Waals surface area (Å²) >= 11 is 8.98. The first-order valence-electron chi connectivity index (χ1n) is 17.6. The quantitative estimate of drug-likeness (QED) is 0.0646. The molecule has 2 amide bonds. The van der Waals surface area contributed by atoms with Crippen LogP contribution in [-0.2, 0) is 60.9 Å². The first-order chi connectivity index (χ1) is 26.3. The average Bonchev–Trinajstić information content (AvgIpc) is 3.53. The molecule has 0 saturated heterocycles. The Hall–Kier alpha value is -5.09. The molecule has 6 rings (SSSR count). The van der Waals surface area contributed by atoms with Gasteiger partial charge in [-0.1, -0.05) is 26.5 Å². The Morgan fingerprint density at radius 3 is 1.64 bits per heavy atom. The summed E-state index contributed by atoms with van der Waals surface area (Å²) in [4.78, 5) is 70.9. The van der Waals surface area contributed by atoms with Crippen molar-refractivity contribution >= 4 is 79.4 Å². The van der Waals surface area contributed by atoms with Crippen LogP contribution >= 0.6 is 23.2 Å². The summed E-state index contributed by atoms with van der Waals surface area (Å²) in [6.45, 7) is 15.2. The van der Waals surface area contributed by atoms with Gasteiger partial charge in [0.2, 0.25) is 0 Å². The lowest BCUT2D eigenvalue weighted by Crippen LogP contribution is -2.37. The molecule has 0 N–H and O–H groups in total. The van der Waals surface area contributed by atoms with E-state index in [0.717, 1.165) is 25.8 Å². The number of ketones is 1. The number of carbonyl (C=O) groups is 6. The van der Waals surface area contributed by atoms with Crippen LogP contribution in [-0.4, -0.2) is 84.8 Å². The zero-order valence-corrected chi connectivity index (χ0v) is 34.1. The zero-order chi connectivity index (χ0) is 42.8. The fraction of sp³-hybridized carbons (Fsp3) is 0.463. The number of Topliss-reactive ketones (excluding diaryl/α,β-unsaturated/α-hetero) is 1. The number of carbonyl (C=O) groups excluding carboxylic acids is 6. The van der Waals surface area contributed by atoms with Crippen molar-refractivity contribution < 1.29 is 56.1 Å². The maximum Gasteiger partial charge on any atom is 0.416 e. The first-order valence-corrected chi connectivity index (χ1v) is 18.3. The van der Waals surface area contributed by atoms with Crippen molar-refractivity contribution in [3.05, 3.63) is 70.5 Å². The maximum atomic E-state index is 13.5. The lowest BCUT2D eigenvalue weighted by atomic mass is 10.0. The van der Waals surface area contributed by atoms with Gasteiger partial charge in [0.15, 0.2) is 0 Å². The van der Waals surface area contributed by atoms with Gasteiger partial charge in [-0.2, -0.15) is 13.2 Å². The van der Waals surface area contributed by atoms with Gasteiger partial charge in [-0.05, 0) is 107 Å². The van der Waals surface area contributed by atoms with Gasteiger partial charge in [0.1, 0.15) is 11.2 Å². The molecule has 18 heteroatoms. The van der Waals surface area contributed by atoms with E-state index in [1.807, 2.05) is 20.8 Å². The first kappa shape index (κ1) is 50.1. The van der Waals surface area contributed by atoms with Crippen molar-refractivity contribution in [1.82, 2.24) is 18.9 Å². The molecular formula is C41H51Cl2F3N4O9. The number of benzene rings is 2. The van der Waals surface area contributed by atoms with Crippen LogP contribution < -0.4 is 0 Å². The second-order valence-corrected chi connectivity index (χ2v) is 16.0. The third-order valence-corrected chi connectivity index (χ3v) is 8.92. The van der Waals surface area contributed by atoms with E-state index in [9.17, 15) is 41.9 Å². The topological polar surface area (TPSA) is 146 Å². The molecule has 2 aromatic carbocycles. The van der Waals surface area contributed by atoms with Crippen LogP contribution in [0.5, 0.6) is 0 Å². The summed E-state index contributed by atoms with van der Waals surface area (Å²) < 4.78 is 59.6.